The quantitative estimate of drug-likeness (QED) is 0.764. The second kappa shape index (κ2) is 7.00. The third-order valence-electron chi connectivity index (χ3n) is 6.65. The second-order valence-electron chi connectivity index (χ2n) is 7.93. The van der Waals surface area contributed by atoms with Crippen LogP contribution in [0.2, 0.25) is 0 Å². The van der Waals surface area contributed by atoms with Crippen molar-refractivity contribution in [3.63, 3.8) is 0 Å². The molecule has 6 heteroatoms. The molecule has 0 aromatic heterocycles. The number of benzene rings is 1. The van der Waals surface area contributed by atoms with Crippen LogP contribution in [0.5, 0.6) is 0 Å². The van der Waals surface area contributed by atoms with Gasteiger partial charge in [0.15, 0.2) is 0 Å². The Morgan fingerprint density at radius 3 is 2.54 bits per heavy atom. The van der Waals surface area contributed by atoms with Crippen LogP contribution in [0, 0.1) is 11.8 Å². The Labute approximate surface area is 153 Å². The Bertz CT molecular complexity index is 670. The normalized spacial score (nSPS) is 30.6. The van der Waals surface area contributed by atoms with E-state index in [1.165, 1.54) is 6.42 Å². The summed E-state index contributed by atoms with van der Waals surface area (Å²) in [6.07, 6.45) is 4.14. The molecule has 0 spiro atoms. The number of carbonyl (C=O) groups is 2. The maximum absolute atomic E-state index is 13.1. The summed E-state index contributed by atoms with van der Waals surface area (Å²) in [4.78, 5) is 27.1. The van der Waals surface area contributed by atoms with Crippen LogP contribution < -0.4 is 10.9 Å². The van der Waals surface area contributed by atoms with E-state index in [-0.39, 0.29) is 17.9 Å². The molecule has 140 valence electrons. The lowest BCUT2D eigenvalue weighted by Gasteiger charge is -2.42. The largest absolute Gasteiger partial charge is 0.481 e. The predicted molar refractivity (Wildman–Crippen MR) is 97.3 cm³/mol. The van der Waals surface area contributed by atoms with Crippen LogP contribution in [0.1, 0.15) is 37.7 Å². The second-order valence-corrected chi connectivity index (χ2v) is 7.93. The molecule has 2 heterocycles. The van der Waals surface area contributed by atoms with Gasteiger partial charge in [0.05, 0.1) is 11.3 Å². The molecule has 1 saturated carbocycles. The average Bonchev–Trinajstić information content (AvgIpc) is 3.17. The van der Waals surface area contributed by atoms with Crippen LogP contribution in [-0.2, 0) is 15.0 Å². The summed E-state index contributed by atoms with van der Waals surface area (Å²) >= 11 is 0. The number of fused-ring (bicyclic) bond motifs is 1. The molecule has 3 N–H and O–H groups in total. The Balaban J connectivity index is 1.47. The van der Waals surface area contributed by atoms with Gasteiger partial charge in [-0.15, -0.1) is 0 Å². The molecule has 1 aliphatic carbocycles. The fourth-order valence-corrected chi connectivity index (χ4v) is 5.05. The Kier molecular flexibility index (Phi) is 4.71. The number of carboxylic acid groups (broad SMARTS) is 1. The molecule has 3 atom stereocenters. The number of hydrazine groups is 1. The number of likely N-dealkylation sites (tertiary alicyclic amines) is 1. The monoisotopic (exact) mass is 357 g/mol. The Morgan fingerprint density at radius 1 is 1.12 bits per heavy atom. The summed E-state index contributed by atoms with van der Waals surface area (Å²) in [5.74, 6) is -0.0409. The molecule has 1 aromatic carbocycles. The van der Waals surface area contributed by atoms with Crippen molar-refractivity contribution in [1.29, 1.82) is 0 Å². The van der Waals surface area contributed by atoms with Crippen molar-refractivity contribution in [3.8, 4) is 0 Å². The number of rotatable bonds is 3. The predicted octanol–water partition coefficient (Wildman–Crippen LogP) is 1.52. The SMILES string of the molecule is O=C(C1CCCC2CNNC21)N1CCC(C(=O)O)(c2ccccc2)CC1. The van der Waals surface area contributed by atoms with Gasteiger partial charge in [-0.3, -0.25) is 20.4 Å². The van der Waals surface area contributed by atoms with Crippen LogP contribution in [0.25, 0.3) is 0 Å². The van der Waals surface area contributed by atoms with Crippen molar-refractivity contribution in [1.82, 2.24) is 15.8 Å². The van der Waals surface area contributed by atoms with E-state index in [9.17, 15) is 14.7 Å². The fraction of sp³-hybridized carbons (Fsp3) is 0.600. The summed E-state index contributed by atoms with van der Waals surface area (Å²) in [7, 11) is 0. The van der Waals surface area contributed by atoms with Crippen molar-refractivity contribution >= 4 is 11.9 Å². The summed E-state index contributed by atoms with van der Waals surface area (Å²) in [6, 6.07) is 9.68. The van der Waals surface area contributed by atoms with E-state index in [1.807, 2.05) is 35.2 Å². The fourth-order valence-electron chi connectivity index (χ4n) is 5.05. The first-order valence-electron chi connectivity index (χ1n) is 9.68. The van der Waals surface area contributed by atoms with Gasteiger partial charge < -0.3 is 10.0 Å². The number of aliphatic carboxylic acids is 1. The van der Waals surface area contributed by atoms with Crippen molar-refractivity contribution < 1.29 is 14.7 Å². The molecule has 26 heavy (non-hydrogen) atoms. The molecule has 0 bridgehead atoms. The van der Waals surface area contributed by atoms with Gasteiger partial charge in [-0.2, -0.15) is 0 Å². The summed E-state index contributed by atoms with van der Waals surface area (Å²) < 4.78 is 0. The van der Waals surface area contributed by atoms with Gasteiger partial charge in [0.1, 0.15) is 0 Å². The molecule has 6 nitrogen and oxygen atoms in total. The zero-order valence-corrected chi connectivity index (χ0v) is 15.0. The highest BCUT2D eigenvalue weighted by Gasteiger charge is 2.46. The van der Waals surface area contributed by atoms with E-state index in [4.69, 9.17) is 0 Å². The molecule has 1 amide bonds. The molecule has 2 aliphatic heterocycles. The first kappa shape index (κ1) is 17.5. The molecule has 0 radical (unpaired) electrons. The molecular weight excluding hydrogens is 330 g/mol. The molecule has 2 saturated heterocycles. The maximum atomic E-state index is 13.1. The minimum absolute atomic E-state index is 0.0119. The molecule has 3 unspecified atom stereocenters. The smallest absolute Gasteiger partial charge is 0.314 e. The lowest BCUT2D eigenvalue weighted by molar-refractivity contribution is -0.150. The highest BCUT2D eigenvalue weighted by Crippen LogP contribution is 2.38. The lowest BCUT2D eigenvalue weighted by Crippen LogP contribution is -2.54. The summed E-state index contributed by atoms with van der Waals surface area (Å²) in [5.41, 5.74) is 6.47. The lowest BCUT2D eigenvalue weighted by atomic mass is 9.72. The Hall–Kier alpha value is -1.92. The number of carboxylic acids is 1. The average molecular weight is 357 g/mol. The van der Waals surface area contributed by atoms with Crippen LogP contribution in [0.15, 0.2) is 30.3 Å². The van der Waals surface area contributed by atoms with Gasteiger partial charge >= 0.3 is 5.97 Å². The summed E-state index contributed by atoms with van der Waals surface area (Å²) in [6.45, 7) is 1.97. The van der Waals surface area contributed by atoms with Crippen molar-refractivity contribution in [2.45, 2.75) is 43.6 Å². The number of nitrogens with zero attached hydrogens (tertiary/aromatic N) is 1. The van der Waals surface area contributed by atoms with Crippen LogP contribution >= 0.6 is 0 Å². The first-order valence-corrected chi connectivity index (χ1v) is 9.68. The third kappa shape index (κ3) is 2.91. The number of amides is 1. The number of hydrogen-bond acceptors (Lipinski definition) is 4. The van der Waals surface area contributed by atoms with Crippen LogP contribution in [0.3, 0.4) is 0 Å². The zero-order chi connectivity index (χ0) is 18.1. The van der Waals surface area contributed by atoms with E-state index in [0.29, 0.717) is 31.8 Å². The molecule has 1 aromatic rings. The molecule has 4 rings (SSSR count). The van der Waals surface area contributed by atoms with Gasteiger partial charge in [-0.05, 0) is 37.2 Å². The van der Waals surface area contributed by atoms with Gasteiger partial charge in [0.25, 0.3) is 0 Å². The minimum Gasteiger partial charge on any atom is -0.481 e. The number of carbonyl (C=O) groups excluding carboxylic acids is 1. The molecular formula is C20H27N3O3. The van der Waals surface area contributed by atoms with Gasteiger partial charge in [-0.25, -0.2) is 0 Å². The van der Waals surface area contributed by atoms with Crippen LogP contribution in [0.4, 0.5) is 0 Å². The molecule has 3 fully saturated rings. The van der Waals surface area contributed by atoms with Crippen molar-refractivity contribution in [2.24, 2.45) is 11.8 Å². The minimum atomic E-state index is -0.875. The zero-order valence-electron chi connectivity index (χ0n) is 15.0. The number of hydrogen-bond donors (Lipinski definition) is 3. The third-order valence-corrected chi connectivity index (χ3v) is 6.65. The highest BCUT2D eigenvalue weighted by molar-refractivity contribution is 5.83. The first-order chi connectivity index (χ1) is 12.6. The van der Waals surface area contributed by atoms with Gasteiger partial charge in [0.2, 0.25) is 5.91 Å². The summed E-state index contributed by atoms with van der Waals surface area (Å²) in [5, 5.41) is 9.92. The van der Waals surface area contributed by atoms with Gasteiger partial charge in [-0.1, -0.05) is 36.8 Å². The van der Waals surface area contributed by atoms with Crippen molar-refractivity contribution in [2.75, 3.05) is 19.6 Å². The van der Waals surface area contributed by atoms with E-state index in [0.717, 1.165) is 24.9 Å². The topological polar surface area (TPSA) is 81.7 Å². The van der Waals surface area contributed by atoms with E-state index < -0.39 is 11.4 Å². The van der Waals surface area contributed by atoms with E-state index in [1.54, 1.807) is 0 Å². The van der Waals surface area contributed by atoms with Crippen LogP contribution in [-0.4, -0.2) is 47.6 Å². The molecule has 3 aliphatic rings. The number of piperidine rings is 1. The highest BCUT2D eigenvalue weighted by atomic mass is 16.4. The van der Waals surface area contributed by atoms with E-state index >= 15 is 0 Å². The standard InChI is InChI=1S/C20H27N3O3/c24-18(16-8-4-5-14-13-21-22-17(14)16)23-11-9-20(10-12-23,19(25)26)15-6-2-1-3-7-15/h1-3,6-7,14,16-17,21-22H,4-5,8-13H2,(H,25,26). The van der Waals surface area contributed by atoms with E-state index in [2.05, 4.69) is 10.9 Å². The number of nitrogens with one attached hydrogen (secondary N) is 2. The van der Waals surface area contributed by atoms with Crippen molar-refractivity contribution in [3.05, 3.63) is 35.9 Å². The van der Waals surface area contributed by atoms with Gasteiger partial charge in [0, 0.05) is 25.7 Å². The Morgan fingerprint density at radius 2 is 1.85 bits per heavy atom. The maximum Gasteiger partial charge on any atom is 0.314 e.